The summed E-state index contributed by atoms with van der Waals surface area (Å²) in [6.45, 7) is 0.635. The first-order valence-electron chi connectivity index (χ1n) is 3.79. The highest BCUT2D eigenvalue weighted by atomic mass is 19.3. The molecule has 0 bridgehead atoms. The second-order valence-corrected chi connectivity index (χ2v) is 2.82. The Bertz CT molecular complexity index is 300. The number of aromatic nitrogens is 1. The highest BCUT2D eigenvalue weighted by Crippen LogP contribution is 2.24. The SMILES string of the molecule is C[C@](F)(Oc1ccc(N)cn1)C(F)F. The van der Waals surface area contributed by atoms with Gasteiger partial charge in [0.15, 0.2) is 0 Å². The minimum atomic E-state index is -3.23. The third-order valence-corrected chi connectivity index (χ3v) is 1.45. The number of hydrogen-bond donors (Lipinski definition) is 1. The van der Waals surface area contributed by atoms with E-state index < -0.39 is 12.3 Å². The summed E-state index contributed by atoms with van der Waals surface area (Å²) in [5.74, 6) is -3.27. The highest BCUT2D eigenvalue weighted by molar-refractivity contribution is 5.36. The van der Waals surface area contributed by atoms with E-state index in [-0.39, 0.29) is 5.88 Å². The Kier molecular flexibility index (Phi) is 2.83. The number of hydrogen-bond acceptors (Lipinski definition) is 3. The van der Waals surface area contributed by atoms with Crippen molar-refractivity contribution in [2.24, 2.45) is 0 Å². The quantitative estimate of drug-likeness (QED) is 0.822. The number of alkyl halides is 3. The van der Waals surface area contributed by atoms with Crippen LogP contribution in [0.25, 0.3) is 0 Å². The Hall–Kier alpha value is -1.46. The molecule has 1 heterocycles. The molecule has 3 nitrogen and oxygen atoms in total. The number of nitrogen functional groups attached to an aromatic ring is 1. The van der Waals surface area contributed by atoms with E-state index in [0.717, 1.165) is 0 Å². The minimum Gasteiger partial charge on any atom is -0.435 e. The van der Waals surface area contributed by atoms with Gasteiger partial charge in [-0.15, -0.1) is 0 Å². The first-order chi connectivity index (χ1) is 6.42. The molecule has 2 N–H and O–H groups in total. The van der Waals surface area contributed by atoms with Crippen molar-refractivity contribution in [1.82, 2.24) is 4.98 Å². The van der Waals surface area contributed by atoms with Crippen molar-refractivity contribution in [3.05, 3.63) is 18.3 Å². The Morgan fingerprint density at radius 1 is 1.50 bits per heavy atom. The summed E-state index contributed by atoms with van der Waals surface area (Å²) in [4.78, 5) is 3.53. The molecule has 0 fully saturated rings. The fourth-order valence-electron chi connectivity index (χ4n) is 0.701. The van der Waals surface area contributed by atoms with Gasteiger partial charge in [0.2, 0.25) is 5.88 Å². The van der Waals surface area contributed by atoms with Crippen LogP contribution in [0, 0.1) is 0 Å². The minimum absolute atomic E-state index is 0.232. The Morgan fingerprint density at radius 2 is 2.14 bits per heavy atom. The average Bonchev–Trinajstić information content (AvgIpc) is 2.08. The van der Waals surface area contributed by atoms with Crippen molar-refractivity contribution < 1.29 is 17.9 Å². The van der Waals surface area contributed by atoms with Crippen LogP contribution in [-0.2, 0) is 0 Å². The summed E-state index contributed by atoms with van der Waals surface area (Å²) < 4.78 is 41.3. The lowest BCUT2D eigenvalue weighted by molar-refractivity contribution is -0.154. The molecular formula is C8H9F3N2O. The zero-order chi connectivity index (χ0) is 10.8. The van der Waals surface area contributed by atoms with Crippen LogP contribution in [-0.4, -0.2) is 17.3 Å². The van der Waals surface area contributed by atoms with Crippen LogP contribution in [0.5, 0.6) is 5.88 Å². The third kappa shape index (κ3) is 2.51. The van der Waals surface area contributed by atoms with Crippen molar-refractivity contribution in [1.29, 1.82) is 0 Å². The molecule has 1 aromatic heterocycles. The van der Waals surface area contributed by atoms with Gasteiger partial charge in [-0.3, -0.25) is 0 Å². The number of ether oxygens (including phenoxy) is 1. The van der Waals surface area contributed by atoms with E-state index in [1.54, 1.807) is 0 Å². The van der Waals surface area contributed by atoms with E-state index in [1.165, 1.54) is 18.3 Å². The summed E-state index contributed by atoms with van der Waals surface area (Å²) >= 11 is 0. The number of rotatable bonds is 3. The van der Waals surface area contributed by atoms with E-state index in [9.17, 15) is 13.2 Å². The third-order valence-electron chi connectivity index (χ3n) is 1.45. The fourth-order valence-corrected chi connectivity index (χ4v) is 0.701. The maximum Gasteiger partial charge on any atom is 0.306 e. The zero-order valence-corrected chi connectivity index (χ0v) is 7.38. The summed E-state index contributed by atoms with van der Waals surface area (Å²) in [7, 11) is 0. The van der Waals surface area contributed by atoms with Gasteiger partial charge in [0.25, 0.3) is 0 Å². The smallest absolute Gasteiger partial charge is 0.306 e. The topological polar surface area (TPSA) is 48.1 Å². The second kappa shape index (κ2) is 3.73. The van der Waals surface area contributed by atoms with Crippen molar-refractivity contribution in [3.8, 4) is 5.88 Å². The van der Waals surface area contributed by atoms with Crippen molar-refractivity contribution in [2.75, 3.05) is 5.73 Å². The Labute approximate surface area is 78.7 Å². The maximum atomic E-state index is 13.0. The maximum absolute atomic E-state index is 13.0. The largest absolute Gasteiger partial charge is 0.435 e. The number of nitrogens with zero attached hydrogens (tertiary/aromatic N) is 1. The van der Waals surface area contributed by atoms with Gasteiger partial charge >= 0.3 is 12.3 Å². The van der Waals surface area contributed by atoms with Crippen LogP contribution in [0.4, 0.5) is 18.9 Å². The highest BCUT2D eigenvalue weighted by Gasteiger charge is 2.37. The molecular weight excluding hydrogens is 197 g/mol. The summed E-state index contributed by atoms with van der Waals surface area (Å²) in [6, 6.07) is 2.60. The molecule has 1 aromatic rings. The second-order valence-electron chi connectivity index (χ2n) is 2.82. The zero-order valence-electron chi connectivity index (χ0n) is 7.38. The van der Waals surface area contributed by atoms with Crippen molar-refractivity contribution >= 4 is 5.69 Å². The molecule has 0 saturated heterocycles. The average molecular weight is 206 g/mol. The number of anilines is 1. The Morgan fingerprint density at radius 3 is 2.57 bits per heavy atom. The predicted octanol–water partition coefficient (Wildman–Crippen LogP) is 1.99. The lowest BCUT2D eigenvalue weighted by atomic mass is 10.3. The van der Waals surface area contributed by atoms with E-state index in [0.29, 0.717) is 12.6 Å². The van der Waals surface area contributed by atoms with Crippen LogP contribution in [0.2, 0.25) is 0 Å². The molecule has 0 aromatic carbocycles. The number of pyridine rings is 1. The first kappa shape index (κ1) is 10.6. The lowest BCUT2D eigenvalue weighted by Gasteiger charge is -2.20. The van der Waals surface area contributed by atoms with Gasteiger partial charge in [-0.25, -0.2) is 13.8 Å². The fraction of sp³-hybridized carbons (Fsp3) is 0.375. The van der Waals surface area contributed by atoms with Gasteiger partial charge in [-0.2, -0.15) is 4.39 Å². The molecule has 0 amide bonds. The number of nitrogens with two attached hydrogens (primary N) is 1. The van der Waals surface area contributed by atoms with Crippen LogP contribution in [0.1, 0.15) is 6.92 Å². The van der Waals surface area contributed by atoms with Gasteiger partial charge in [-0.05, 0) is 6.07 Å². The summed E-state index contributed by atoms with van der Waals surface area (Å²) in [6.07, 6.45) is -2.04. The summed E-state index contributed by atoms with van der Waals surface area (Å²) in [5.41, 5.74) is 5.63. The molecule has 1 rings (SSSR count). The molecule has 0 spiro atoms. The van der Waals surface area contributed by atoms with Gasteiger partial charge in [-0.1, -0.05) is 0 Å². The predicted molar refractivity (Wildman–Crippen MR) is 44.8 cm³/mol. The van der Waals surface area contributed by atoms with Crippen LogP contribution < -0.4 is 10.5 Å². The lowest BCUT2D eigenvalue weighted by Crippen LogP contribution is -2.35. The molecule has 14 heavy (non-hydrogen) atoms. The first-order valence-corrected chi connectivity index (χ1v) is 3.79. The molecule has 0 aliphatic heterocycles. The van der Waals surface area contributed by atoms with Crippen LogP contribution in [0.15, 0.2) is 18.3 Å². The summed E-state index contributed by atoms with van der Waals surface area (Å²) in [5, 5.41) is 0. The van der Waals surface area contributed by atoms with Crippen molar-refractivity contribution in [2.45, 2.75) is 19.2 Å². The van der Waals surface area contributed by atoms with E-state index in [4.69, 9.17) is 5.73 Å². The number of halogens is 3. The molecule has 78 valence electrons. The van der Waals surface area contributed by atoms with E-state index in [1.807, 2.05) is 0 Å². The molecule has 0 aliphatic rings. The molecule has 0 aliphatic carbocycles. The monoisotopic (exact) mass is 206 g/mol. The Balaban J connectivity index is 2.74. The molecule has 0 radical (unpaired) electrons. The molecule has 0 saturated carbocycles. The van der Waals surface area contributed by atoms with Gasteiger partial charge in [0.05, 0.1) is 11.9 Å². The molecule has 6 heteroatoms. The van der Waals surface area contributed by atoms with Crippen LogP contribution in [0.3, 0.4) is 0 Å². The van der Waals surface area contributed by atoms with E-state index in [2.05, 4.69) is 9.72 Å². The van der Waals surface area contributed by atoms with Gasteiger partial charge in [0, 0.05) is 13.0 Å². The normalized spacial score (nSPS) is 15.2. The van der Waals surface area contributed by atoms with E-state index >= 15 is 0 Å². The standard InChI is InChI=1S/C8H9F3N2O/c1-8(11,7(9)10)14-6-3-2-5(12)4-13-6/h2-4,7H,12H2,1H3/t8-/m0/s1. The van der Waals surface area contributed by atoms with Gasteiger partial charge in [0.1, 0.15) is 0 Å². The van der Waals surface area contributed by atoms with Crippen molar-refractivity contribution in [3.63, 3.8) is 0 Å². The molecule has 0 unspecified atom stereocenters. The molecule has 1 atom stereocenters. The van der Waals surface area contributed by atoms with Crippen LogP contribution >= 0.6 is 0 Å². The van der Waals surface area contributed by atoms with Gasteiger partial charge < -0.3 is 10.5 Å².